The standard InChI is InChI=1S/C24H22F3N7O3/c1-3-15-8-17(4-5-20(15)37-23-19-6-7-29-22(19)30-13-31-23)33(2)21(32-36)12-34(14-35)18-9-16(10-28-11-18)24(25,26)27/h4-11,13-14,21H,3,12H2,1-2H3,(H,29,30,31). The van der Waals surface area contributed by atoms with Crippen molar-refractivity contribution in [3.8, 4) is 11.6 Å². The van der Waals surface area contributed by atoms with Crippen LogP contribution in [0.3, 0.4) is 0 Å². The average Bonchev–Trinajstić information content (AvgIpc) is 3.39. The van der Waals surface area contributed by atoms with E-state index in [4.69, 9.17) is 4.74 Å². The molecular weight excluding hydrogens is 491 g/mol. The van der Waals surface area contributed by atoms with Crippen molar-refractivity contribution in [2.75, 3.05) is 23.4 Å². The van der Waals surface area contributed by atoms with Crippen LogP contribution in [0.5, 0.6) is 11.6 Å². The van der Waals surface area contributed by atoms with E-state index in [0.717, 1.165) is 22.7 Å². The number of anilines is 2. The third-order valence-corrected chi connectivity index (χ3v) is 5.80. The summed E-state index contributed by atoms with van der Waals surface area (Å²) in [6, 6.07) is 7.83. The van der Waals surface area contributed by atoms with E-state index in [1.807, 2.05) is 6.92 Å². The van der Waals surface area contributed by atoms with E-state index in [1.165, 1.54) is 11.2 Å². The number of aromatic nitrogens is 4. The molecule has 0 saturated heterocycles. The van der Waals surface area contributed by atoms with Crippen molar-refractivity contribution >= 4 is 28.8 Å². The summed E-state index contributed by atoms with van der Waals surface area (Å²) >= 11 is 0. The minimum Gasteiger partial charge on any atom is -0.438 e. The Balaban J connectivity index is 1.55. The topological polar surface area (TPSA) is 117 Å². The Labute approximate surface area is 209 Å². The molecule has 0 aliphatic rings. The largest absolute Gasteiger partial charge is 0.438 e. The molecule has 3 heterocycles. The molecule has 0 radical (unpaired) electrons. The van der Waals surface area contributed by atoms with Crippen LogP contribution < -0.4 is 14.5 Å². The quantitative estimate of drug-likeness (QED) is 0.236. The fourth-order valence-corrected chi connectivity index (χ4v) is 3.72. The number of benzene rings is 1. The molecule has 1 unspecified atom stereocenters. The number of likely N-dealkylation sites (N-methyl/N-ethyl adjacent to an activating group) is 1. The maximum Gasteiger partial charge on any atom is 0.417 e. The van der Waals surface area contributed by atoms with Crippen LogP contribution in [0.1, 0.15) is 18.1 Å². The highest BCUT2D eigenvalue weighted by molar-refractivity contribution is 5.80. The van der Waals surface area contributed by atoms with Gasteiger partial charge in [-0.1, -0.05) is 6.92 Å². The lowest BCUT2D eigenvalue weighted by atomic mass is 10.1. The Morgan fingerprint density at radius 3 is 2.68 bits per heavy atom. The number of nitroso groups, excluding NO2 is 1. The number of aromatic amines is 1. The van der Waals surface area contributed by atoms with Gasteiger partial charge in [-0.2, -0.15) is 13.2 Å². The molecule has 1 amide bonds. The number of ether oxygens (including phenoxy) is 1. The minimum atomic E-state index is -4.63. The molecule has 0 bridgehead atoms. The van der Waals surface area contributed by atoms with E-state index in [1.54, 1.807) is 37.5 Å². The van der Waals surface area contributed by atoms with Crippen LogP contribution >= 0.6 is 0 Å². The fourth-order valence-electron chi connectivity index (χ4n) is 3.72. The number of aryl methyl sites for hydroxylation is 1. The van der Waals surface area contributed by atoms with E-state index < -0.39 is 17.9 Å². The molecule has 0 aliphatic heterocycles. The molecule has 4 rings (SSSR count). The first-order chi connectivity index (χ1) is 17.7. The number of carbonyl (C=O) groups is 1. The molecule has 37 heavy (non-hydrogen) atoms. The van der Waals surface area contributed by atoms with E-state index in [0.29, 0.717) is 47.4 Å². The molecule has 1 atom stereocenters. The first-order valence-corrected chi connectivity index (χ1v) is 11.1. The molecule has 192 valence electrons. The van der Waals surface area contributed by atoms with Gasteiger partial charge >= 0.3 is 6.18 Å². The van der Waals surface area contributed by atoms with Gasteiger partial charge in [-0.05, 0) is 47.5 Å². The summed E-state index contributed by atoms with van der Waals surface area (Å²) in [5, 5.41) is 3.82. The zero-order valence-electron chi connectivity index (χ0n) is 19.8. The Bertz CT molecular complexity index is 1410. The van der Waals surface area contributed by atoms with Crippen LogP contribution in [-0.2, 0) is 17.4 Å². The number of carbonyl (C=O) groups excluding carboxylic acids is 1. The predicted octanol–water partition coefficient (Wildman–Crippen LogP) is 4.92. The monoisotopic (exact) mass is 513 g/mol. The number of amides is 1. The van der Waals surface area contributed by atoms with Gasteiger partial charge in [0.15, 0.2) is 6.17 Å². The number of alkyl halides is 3. The number of halogens is 3. The lowest BCUT2D eigenvalue weighted by Gasteiger charge is -2.29. The van der Waals surface area contributed by atoms with Crippen LogP contribution in [-0.4, -0.2) is 46.1 Å². The van der Waals surface area contributed by atoms with Crippen molar-refractivity contribution in [1.29, 1.82) is 0 Å². The second kappa shape index (κ2) is 10.6. The van der Waals surface area contributed by atoms with Gasteiger partial charge in [0.1, 0.15) is 17.7 Å². The second-order valence-corrected chi connectivity index (χ2v) is 8.05. The average molecular weight is 513 g/mol. The molecular formula is C24H22F3N7O3. The molecule has 4 aromatic rings. The number of H-pyrrole nitrogens is 1. The van der Waals surface area contributed by atoms with Crippen LogP contribution in [0.15, 0.2) is 60.4 Å². The lowest BCUT2D eigenvalue weighted by Crippen LogP contribution is -2.41. The molecule has 0 saturated carbocycles. The lowest BCUT2D eigenvalue weighted by molar-refractivity contribution is -0.137. The summed E-state index contributed by atoms with van der Waals surface area (Å²) in [6.07, 6.45) is 0.0902. The van der Waals surface area contributed by atoms with Crippen LogP contribution in [0, 0.1) is 4.91 Å². The highest BCUT2D eigenvalue weighted by Gasteiger charge is 2.32. The zero-order chi connectivity index (χ0) is 26.6. The second-order valence-electron chi connectivity index (χ2n) is 8.05. The van der Waals surface area contributed by atoms with Crippen LogP contribution in [0.4, 0.5) is 24.5 Å². The fraction of sp³-hybridized carbons (Fsp3) is 0.250. The summed E-state index contributed by atoms with van der Waals surface area (Å²) in [5.74, 6) is 0.937. The highest BCUT2D eigenvalue weighted by Crippen LogP contribution is 2.33. The van der Waals surface area contributed by atoms with Crippen LogP contribution in [0.25, 0.3) is 11.0 Å². The van der Waals surface area contributed by atoms with E-state index >= 15 is 0 Å². The Hall–Kier alpha value is -4.55. The first-order valence-electron chi connectivity index (χ1n) is 11.1. The van der Waals surface area contributed by atoms with Crippen molar-refractivity contribution < 1.29 is 22.7 Å². The summed E-state index contributed by atoms with van der Waals surface area (Å²) < 4.78 is 45.3. The number of rotatable bonds is 10. The molecule has 13 heteroatoms. The van der Waals surface area contributed by atoms with Gasteiger partial charge in [0.25, 0.3) is 0 Å². The molecule has 0 aliphatic carbocycles. The van der Waals surface area contributed by atoms with Crippen molar-refractivity contribution in [3.05, 3.63) is 71.3 Å². The van der Waals surface area contributed by atoms with Gasteiger partial charge in [0, 0.05) is 25.1 Å². The van der Waals surface area contributed by atoms with Gasteiger partial charge in [-0.3, -0.25) is 9.78 Å². The number of nitrogens with zero attached hydrogens (tertiary/aromatic N) is 6. The molecule has 3 aromatic heterocycles. The molecule has 1 N–H and O–H groups in total. The first kappa shape index (κ1) is 25.5. The minimum absolute atomic E-state index is 0.106. The summed E-state index contributed by atoms with van der Waals surface area (Å²) in [5.41, 5.74) is 0.923. The molecule has 0 fully saturated rings. The summed E-state index contributed by atoms with van der Waals surface area (Å²) in [7, 11) is 1.60. The molecule has 10 nitrogen and oxygen atoms in total. The summed E-state index contributed by atoms with van der Waals surface area (Å²) in [6.45, 7) is 1.64. The van der Waals surface area contributed by atoms with Crippen LogP contribution in [0.2, 0.25) is 0 Å². The third-order valence-electron chi connectivity index (χ3n) is 5.80. The number of nitrogens with one attached hydrogen (secondary N) is 1. The van der Waals surface area contributed by atoms with Crippen molar-refractivity contribution in [3.63, 3.8) is 0 Å². The van der Waals surface area contributed by atoms with Gasteiger partial charge in [-0.25, -0.2) is 9.97 Å². The van der Waals surface area contributed by atoms with Crippen molar-refractivity contribution in [2.45, 2.75) is 25.7 Å². The van der Waals surface area contributed by atoms with E-state index in [9.17, 15) is 22.9 Å². The Morgan fingerprint density at radius 2 is 1.97 bits per heavy atom. The maximum absolute atomic E-state index is 13.1. The SMILES string of the molecule is CCc1cc(N(C)C(CN(C=O)c2cncc(C(F)(F)F)c2)N=O)ccc1Oc1ncnc2[nH]ccc12. The number of pyridine rings is 1. The normalized spacial score (nSPS) is 12.2. The molecule has 0 spiro atoms. The van der Waals surface area contributed by atoms with Gasteiger partial charge in [0.2, 0.25) is 12.3 Å². The third kappa shape index (κ3) is 5.50. The van der Waals surface area contributed by atoms with Crippen molar-refractivity contribution in [1.82, 2.24) is 19.9 Å². The van der Waals surface area contributed by atoms with Gasteiger partial charge < -0.3 is 19.5 Å². The molecule has 1 aromatic carbocycles. The Morgan fingerprint density at radius 1 is 1.16 bits per heavy atom. The van der Waals surface area contributed by atoms with E-state index in [2.05, 4.69) is 25.1 Å². The number of hydrogen-bond donors (Lipinski definition) is 1. The predicted molar refractivity (Wildman–Crippen MR) is 130 cm³/mol. The van der Waals surface area contributed by atoms with Crippen molar-refractivity contribution in [2.24, 2.45) is 5.18 Å². The summed E-state index contributed by atoms with van der Waals surface area (Å²) in [4.78, 5) is 40.8. The van der Waals surface area contributed by atoms with Gasteiger partial charge in [0.05, 0.1) is 29.4 Å². The smallest absolute Gasteiger partial charge is 0.417 e. The highest BCUT2D eigenvalue weighted by atomic mass is 19.4. The Kier molecular flexibility index (Phi) is 7.32. The zero-order valence-corrected chi connectivity index (χ0v) is 19.8. The number of fused-ring (bicyclic) bond motifs is 1. The van der Waals surface area contributed by atoms with E-state index in [-0.39, 0.29) is 12.2 Å². The number of hydrogen-bond acceptors (Lipinski definition) is 8. The van der Waals surface area contributed by atoms with Gasteiger partial charge in [-0.15, -0.1) is 4.91 Å². The maximum atomic E-state index is 13.1.